The molecule has 2 aromatic carbocycles. The quantitative estimate of drug-likeness (QED) is 0.455. The molecule has 10 nitrogen and oxygen atoms in total. The number of nitro groups is 1. The first-order valence-corrected chi connectivity index (χ1v) is 9.62. The standard InChI is InChI=1S/C21H22N4O6/c1-21(2,3)31-20(27)22-18-13-23(17-7-5-4-6-15(17)12-24(18)28)19(26)14-8-10-16(11-9-14)25(29)30/h4-11,18H,12-13H2,1-3H3/p+1/t18-/m0/s1. The smallest absolute Gasteiger partial charge is 0.412 e. The van der Waals surface area contributed by atoms with E-state index in [9.17, 15) is 24.6 Å². The zero-order chi connectivity index (χ0) is 22.8. The maximum atomic E-state index is 13.3. The third-order valence-electron chi connectivity index (χ3n) is 4.57. The lowest BCUT2D eigenvalue weighted by molar-refractivity contribution is -0.601. The van der Waals surface area contributed by atoms with Gasteiger partial charge < -0.3 is 4.74 Å². The topological polar surface area (TPSA) is 122 Å². The van der Waals surface area contributed by atoms with Gasteiger partial charge in [-0.25, -0.2) is 4.79 Å². The molecule has 31 heavy (non-hydrogen) atoms. The molecule has 0 radical (unpaired) electrons. The number of benzene rings is 2. The summed E-state index contributed by atoms with van der Waals surface area (Å²) in [4.78, 5) is 50.0. The lowest BCUT2D eigenvalue weighted by Crippen LogP contribution is -2.50. The van der Waals surface area contributed by atoms with Crippen molar-refractivity contribution in [2.45, 2.75) is 39.1 Å². The average molecular weight is 427 g/mol. The molecule has 10 heteroatoms. The average Bonchev–Trinajstić information content (AvgIpc) is 2.82. The first-order chi connectivity index (χ1) is 14.5. The number of non-ortho nitro benzene ring substituents is 1. The van der Waals surface area contributed by atoms with Gasteiger partial charge >= 0.3 is 6.09 Å². The van der Waals surface area contributed by atoms with Crippen LogP contribution in [0.15, 0.2) is 48.5 Å². The van der Waals surface area contributed by atoms with Crippen LogP contribution in [0, 0.1) is 15.0 Å². The Morgan fingerprint density at radius 1 is 1.16 bits per heavy atom. The summed E-state index contributed by atoms with van der Waals surface area (Å²) in [5.41, 5.74) is 0.472. The van der Waals surface area contributed by atoms with Crippen LogP contribution in [0.2, 0.25) is 0 Å². The Morgan fingerprint density at radius 2 is 1.81 bits per heavy atom. The van der Waals surface area contributed by atoms with Crippen molar-refractivity contribution in [2.75, 3.05) is 11.4 Å². The van der Waals surface area contributed by atoms with Crippen LogP contribution < -0.4 is 10.2 Å². The minimum atomic E-state index is -1.05. The lowest BCUT2D eigenvalue weighted by atomic mass is 10.1. The van der Waals surface area contributed by atoms with Crippen LogP contribution in [0.25, 0.3) is 0 Å². The number of para-hydroxylation sites is 1. The fourth-order valence-corrected chi connectivity index (χ4v) is 3.18. The SMILES string of the molecule is CC(C)(C)OC(=O)N[C@@H]1CN(C(=O)c2ccc([N+](=O)[O-])cc2)c2ccccc2C[N+]1=O. The van der Waals surface area contributed by atoms with E-state index in [0.717, 1.165) is 0 Å². The molecule has 2 amide bonds. The summed E-state index contributed by atoms with van der Waals surface area (Å²) >= 11 is 0. The summed E-state index contributed by atoms with van der Waals surface area (Å²) in [7, 11) is 0. The molecule has 0 saturated heterocycles. The number of nitrogens with one attached hydrogen (secondary N) is 1. The van der Waals surface area contributed by atoms with Crippen molar-refractivity contribution < 1.29 is 24.0 Å². The monoisotopic (exact) mass is 427 g/mol. The van der Waals surface area contributed by atoms with Crippen LogP contribution in [0.1, 0.15) is 36.7 Å². The number of carbonyl (C=O) groups is 2. The number of nitrogens with zero attached hydrogens (tertiary/aromatic N) is 3. The molecule has 0 bridgehead atoms. The molecule has 0 unspecified atom stereocenters. The Morgan fingerprint density at radius 3 is 2.42 bits per heavy atom. The zero-order valence-electron chi connectivity index (χ0n) is 17.4. The van der Waals surface area contributed by atoms with E-state index in [4.69, 9.17) is 4.74 Å². The largest absolute Gasteiger partial charge is 0.444 e. The molecule has 1 N–H and O–H groups in total. The number of anilines is 1. The van der Waals surface area contributed by atoms with Crippen LogP contribution in [0.3, 0.4) is 0 Å². The number of carbonyl (C=O) groups excluding carboxylic acids is 2. The molecule has 0 spiro atoms. The maximum absolute atomic E-state index is 13.3. The molecule has 0 aromatic heterocycles. The van der Waals surface area contributed by atoms with Gasteiger partial charge in [-0.15, -0.1) is 0 Å². The van der Waals surface area contributed by atoms with Gasteiger partial charge in [0, 0.05) is 32.9 Å². The minimum absolute atomic E-state index is 0.0410. The number of alkyl carbamates (subject to hydrolysis) is 1. The molecule has 3 rings (SSSR count). The van der Waals surface area contributed by atoms with Crippen molar-refractivity contribution in [1.82, 2.24) is 5.32 Å². The van der Waals surface area contributed by atoms with Crippen LogP contribution in [-0.4, -0.2) is 40.0 Å². The predicted molar refractivity (Wildman–Crippen MR) is 112 cm³/mol. The highest BCUT2D eigenvalue weighted by Gasteiger charge is 2.38. The summed E-state index contributed by atoms with van der Waals surface area (Å²) in [6, 6.07) is 12.1. The Balaban J connectivity index is 1.92. The van der Waals surface area contributed by atoms with E-state index >= 15 is 0 Å². The summed E-state index contributed by atoms with van der Waals surface area (Å²) in [6.07, 6.45) is -1.82. The molecule has 1 aliphatic heterocycles. The van der Waals surface area contributed by atoms with Gasteiger partial charge in [0.05, 0.1) is 10.6 Å². The molecule has 1 atom stereocenters. The van der Waals surface area contributed by atoms with E-state index in [1.54, 1.807) is 45.0 Å². The second-order valence-electron chi connectivity index (χ2n) is 8.09. The lowest BCUT2D eigenvalue weighted by Gasteiger charge is -2.24. The summed E-state index contributed by atoms with van der Waals surface area (Å²) < 4.78 is 5.93. The second kappa shape index (κ2) is 8.50. The number of rotatable bonds is 3. The number of nitroso groups, excluding NO2 is 1. The fourth-order valence-electron chi connectivity index (χ4n) is 3.18. The number of hydrogen-bond donors (Lipinski definition) is 1. The van der Waals surface area contributed by atoms with Crippen molar-refractivity contribution in [1.29, 1.82) is 0 Å². The van der Waals surface area contributed by atoms with E-state index in [1.807, 2.05) is 0 Å². The van der Waals surface area contributed by atoms with Gasteiger partial charge in [-0.05, 0) is 39.0 Å². The molecule has 0 saturated carbocycles. The van der Waals surface area contributed by atoms with E-state index in [2.05, 4.69) is 5.32 Å². The van der Waals surface area contributed by atoms with E-state index in [0.29, 0.717) is 16.0 Å². The normalized spacial score (nSPS) is 16.2. The van der Waals surface area contributed by atoms with E-state index < -0.39 is 28.7 Å². The van der Waals surface area contributed by atoms with Gasteiger partial charge in [0.15, 0.2) is 0 Å². The first-order valence-electron chi connectivity index (χ1n) is 9.62. The van der Waals surface area contributed by atoms with Crippen LogP contribution >= 0.6 is 0 Å². The number of nitro benzene ring substituents is 1. The van der Waals surface area contributed by atoms with E-state index in [-0.39, 0.29) is 24.3 Å². The number of ether oxygens (including phenoxy) is 1. The van der Waals surface area contributed by atoms with Crippen molar-refractivity contribution in [2.24, 2.45) is 0 Å². The number of amides is 2. The van der Waals surface area contributed by atoms with Crippen molar-refractivity contribution in [3.8, 4) is 0 Å². The Hall–Kier alpha value is -3.82. The molecule has 0 fully saturated rings. The van der Waals surface area contributed by atoms with Crippen LogP contribution in [0.4, 0.5) is 16.2 Å². The highest BCUT2D eigenvalue weighted by molar-refractivity contribution is 6.06. The summed E-state index contributed by atoms with van der Waals surface area (Å²) in [6.45, 7) is 4.94. The van der Waals surface area contributed by atoms with Gasteiger partial charge in [0.1, 0.15) is 12.1 Å². The molecule has 0 aliphatic carbocycles. The van der Waals surface area contributed by atoms with Crippen molar-refractivity contribution >= 4 is 23.4 Å². The number of hydrogen-bond acceptors (Lipinski definition) is 6. The predicted octanol–water partition coefficient (Wildman–Crippen LogP) is 3.38. The van der Waals surface area contributed by atoms with Crippen molar-refractivity contribution in [3.05, 3.63) is 74.7 Å². The molecular formula is C21H23N4O6+. The Kier molecular flexibility index (Phi) is 6.00. The van der Waals surface area contributed by atoms with Gasteiger partial charge in [0.2, 0.25) is 6.54 Å². The minimum Gasteiger partial charge on any atom is -0.444 e. The molecule has 162 valence electrons. The maximum Gasteiger partial charge on any atom is 0.412 e. The summed E-state index contributed by atoms with van der Waals surface area (Å²) in [5, 5.41) is 13.4. The van der Waals surface area contributed by atoms with Gasteiger partial charge in [-0.1, -0.05) is 18.2 Å². The zero-order valence-corrected chi connectivity index (χ0v) is 17.4. The second-order valence-corrected chi connectivity index (χ2v) is 8.09. The Bertz CT molecular complexity index is 1030. The van der Waals surface area contributed by atoms with Crippen LogP contribution in [0.5, 0.6) is 0 Å². The first kappa shape index (κ1) is 21.9. The van der Waals surface area contributed by atoms with E-state index in [1.165, 1.54) is 29.2 Å². The van der Waals surface area contributed by atoms with Crippen LogP contribution in [-0.2, 0) is 11.3 Å². The van der Waals surface area contributed by atoms with Gasteiger partial charge in [-0.3, -0.25) is 25.1 Å². The van der Waals surface area contributed by atoms with Crippen molar-refractivity contribution in [3.63, 3.8) is 0 Å². The van der Waals surface area contributed by atoms with Gasteiger partial charge in [-0.2, -0.15) is 0 Å². The molecular weight excluding hydrogens is 404 g/mol. The highest BCUT2D eigenvalue weighted by Crippen LogP contribution is 2.27. The third-order valence-corrected chi connectivity index (χ3v) is 4.57. The summed E-state index contributed by atoms with van der Waals surface area (Å²) in [5.74, 6) is -0.450. The molecule has 1 heterocycles. The third kappa shape index (κ3) is 5.21. The van der Waals surface area contributed by atoms with Gasteiger partial charge in [0.25, 0.3) is 17.8 Å². The molecule has 1 aliphatic rings. The fraction of sp³-hybridized carbons (Fsp3) is 0.333. The highest BCUT2D eigenvalue weighted by atomic mass is 16.6. The number of fused-ring (bicyclic) bond motifs is 1. The Labute approximate surface area is 178 Å². The molecule has 2 aromatic rings.